The molecule has 0 spiro atoms. The molecule has 1 aliphatic heterocycles. The van der Waals surface area contributed by atoms with Crippen molar-refractivity contribution < 1.29 is 14.3 Å². The number of hydrogen-bond acceptors (Lipinski definition) is 4. The van der Waals surface area contributed by atoms with Gasteiger partial charge < -0.3 is 9.64 Å². The molecule has 1 aromatic rings. The Hall–Kier alpha value is -1.88. The first-order valence-corrected chi connectivity index (χ1v) is 5.77. The number of likely N-dealkylation sites (N-methyl/N-ethyl adjacent to an activating group) is 1. The van der Waals surface area contributed by atoms with Crippen LogP contribution in [0.2, 0.25) is 0 Å². The van der Waals surface area contributed by atoms with Crippen molar-refractivity contribution in [1.82, 2.24) is 10.2 Å². The van der Waals surface area contributed by atoms with Crippen molar-refractivity contribution in [2.75, 3.05) is 27.2 Å². The smallest absolute Gasteiger partial charge is 0.337 e. The highest BCUT2D eigenvalue weighted by Crippen LogP contribution is 2.17. The lowest BCUT2D eigenvalue weighted by atomic mass is 10.0. The van der Waals surface area contributed by atoms with Gasteiger partial charge in [-0.2, -0.15) is 0 Å². The number of rotatable bonds is 2. The first-order valence-electron chi connectivity index (χ1n) is 5.77. The van der Waals surface area contributed by atoms with Crippen molar-refractivity contribution in [3.05, 3.63) is 35.4 Å². The Morgan fingerprint density at radius 1 is 1.39 bits per heavy atom. The molecule has 1 atom stereocenters. The molecule has 1 heterocycles. The van der Waals surface area contributed by atoms with Gasteiger partial charge in [0.2, 0.25) is 5.91 Å². The van der Waals surface area contributed by atoms with Crippen LogP contribution in [-0.4, -0.2) is 44.0 Å². The highest BCUT2D eigenvalue weighted by molar-refractivity contribution is 5.89. The van der Waals surface area contributed by atoms with E-state index in [-0.39, 0.29) is 17.9 Å². The SMILES string of the molecule is COC(=O)c1ccc(C2CN(C)C(=O)CN2)cc1. The van der Waals surface area contributed by atoms with Gasteiger partial charge in [-0.1, -0.05) is 12.1 Å². The molecule has 5 nitrogen and oxygen atoms in total. The van der Waals surface area contributed by atoms with Crippen LogP contribution in [-0.2, 0) is 9.53 Å². The number of nitrogens with one attached hydrogen (secondary N) is 1. The Morgan fingerprint density at radius 2 is 2.06 bits per heavy atom. The molecule has 1 N–H and O–H groups in total. The molecule has 1 aromatic carbocycles. The van der Waals surface area contributed by atoms with Gasteiger partial charge in [-0.3, -0.25) is 10.1 Å². The molecule has 1 fully saturated rings. The van der Waals surface area contributed by atoms with Crippen molar-refractivity contribution in [1.29, 1.82) is 0 Å². The van der Waals surface area contributed by atoms with Crippen LogP contribution < -0.4 is 5.32 Å². The molecule has 96 valence electrons. The van der Waals surface area contributed by atoms with Gasteiger partial charge in [-0.15, -0.1) is 0 Å². The number of carbonyl (C=O) groups is 2. The summed E-state index contributed by atoms with van der Waals surface area (Å²) in [4.78, 5) is 24.4. The second-order valence-corrected chi connectivity index (χ2v) is 4.32. The minimum atomic E-state index is -0.342. The van der Waals surface area contributed by atoms with E-state index < -0.39 is 0 Å². The Labute approximate surface area is 106 Å². The van der Waals surface area contributed by atoms with Crippen LogP contribution in [0.5, 0.6) is 0 Å². The fourth-order valence-electron chi connectivity index (χ4n) is 1.98. The van der Waals surface area contributed by atoms with Crippen LogP contribution in [0, 0.1) is 0 Å². The molecule has 0 radical (unpaired) electrons. The lowest BCUT2D eigenvalue weighted by Gasteiger charge is -2.31. The Morgan fingerprint density at radius 3 is 2.61 bits per heavy atom. The maximum Gasteiger partial charge on any atom is 0.337 e. The predicted molar refractivity (Wildman–Crippen MR) is 66.2 cm³/mol. The number of amides is 1. The Balaban J connectivity index is 2.10. The minimum absolute atomic E-state index is 0.0948. The molecule has 18 heavy (non-hydrogen) atoms. The van der Waals surface area contributed by atoms with Crippen LogP contribution >= 0.6 is 0 Å². The number of esters is 1. The van der Waals surface area contributed by atoms with Crippen molar-refractivity contribution in [2.45, 2.75) is 6.04 Å². The lowest BCUT2D eigenvalue weighted by Crippen LogP contribution is -2.47. The van der Waals surface area contributed by atoms with Gasteiger partial charge in [-0.25, -0.2) is 4.79 Å². The van der Waals surface area contributed by atoms with E-state index in [1.165, 1.54) is 7.11 Å². The molecular weight excluding hydrogens is 232 g/mol. The van der Waals surface area contributed by atoms with E-state index in [0.29, 0.717) is 18.7 Å². The Bertz CT molecular complexity index is 456. The predicted octanol–water partition coefficient (Wildman–Crippen LogP) is 0.576. The fraction of sp³-hybridized carbons (Fsp3) is 0.385. The summed E-state index contributed by atoms with van der Waals surface area (Å²) in [6.07, 6.45) is 0. The molecule has 1 amide bonds. The largest absolute Gasteiger partial charge is 0.465 e. The topological polar surface area (TPSA) is 58.6 Å². The summed E-state index contributed by atoms with van der Waals surface area (Å²) in [5, 5.41) is 3.17. The van der Waals surface area contributed by atoms with Crippen LogP contribution in [0.3, 0.4) is 0 Å². The molecule has 5 heteroatoms. The fourth-order valence-corrected chi connectivity index (χ4v) is 1.98. The Kier molecular flexibility index (Phi) is 3.62. The lowest BCUT2D eigenvalue weighted by molar-refractivity contribution is -0.131. The third kappa shape index (κ3) is 2.51. The van der Waals surface area contributed by atoms with E-state index >= 15 is 0 Å². The van der Waals surface area contributed by atoms with Gasteiger partial charge in [0.25, 0.3) is 0 Å². The summed E-state index contributed by atoms with van der Waals surface area (Å²) < 4.78 is 4.65. The van der Waals surface area contributed by atoms with Crippen molar-refractivity contribution in [3.8, 4) is 0 Å². The minimum Gasteiger partial charge on any atom is -0.465 e. The third-order valence-corrected chi connectivity index (χ3v) is 3.12. The van der Waals surface area contributed by atoms with E-state index in [2.05, 4.69) is 10.1 Å². The molecule has 0 aromatic heterocycles. The molecule has 2 rings (SSSR count). The van der Waals surface area contributed by atoms with Crippen LogP contribution in [0.15, 0.2) is 24.3 Å². The molecule has 0 saturated carbocycles. The standard InChI is InChI=1S/C13H16N2O3/c1-15-8-11(14-7-12(15)16)9-3-5-10(6-4-9)13(17)18-2/h3-6,11,14H,7-8H2,1-2H3. The molecule has 1 aliphatic rings. The maximum absolute atomic E-state index is 11.4. The quantitative estimate of drug-likeness (QED) is 0.778. The van der Waals surface area contributed by atoms with Gasteiger partial charge in [0.1, 0.15) is 0 Å². The van der Waals surface area contributed by atoms with Gasteiger partial charge in [0, 0.05) is 13.6 Å². The summed E-state index contributed by atoms with van der Waals surface area (Å²) in [5.74, 6) is -0.247. The zero-order valence-corrected chi connectivity index (χ0v) is 10.5. The highest BCUT2D eigenvalue weighted by Gasteiger charge is 2.23. The number of piperazine rings is 1. The number of methoxy groups -OCH3 is 1. The first kappa shape index (κ1) is 12.6. The van der Waals surface area contributed by atoms with Crippen LogP contribution in [0.1, 0.15) is 22.0 Å². The molecular formula is C13H16N2O3. The zero-order chi connectivity index (χ0) is 13.1. The number of hydrogen-bond donors (Lipinski definition) is 1. The average Bonchev–Trinajstić information content (AvgIpc) is 2.41. The van der Waals surface area contributed by atoms with Gasteiger partial charge in [-0.05, 0) is 17.7 Å². The second kappa shape index (κ2) is 5.18. The molecule has 1 unspecified atom stereocenters. The van der Waals surface area contributed by atoms with Gasteiger partial charge in [0.05, 0.1) is 25.3 Å². The van der Waals surface area contributed by atoms with Gasteiger partial charge in [0.15, 0.2) is 0 Å². The summed E-state index contributed by atoms with van der Waals surface area (Å²) in [6, 6.07) is 7.35. The highest BCUT2D eigenvalue weighted by atomic mass is 16.5. The first-order chi connectivity index (χ1) is 8.61. The van der Waals surface area contributed by atoms with Gasteiger partial charge >= 0.3 is 5.97 Å². The van der Waals surface area contributed by atoms with Crippen molar-refractivity contribution >= 4 is 11.9 Å². The number of nitrogens with zero attached hydrogens (tertiary/aromatic N) is 1. The van der Waals surface area contributed by atoms with E-state index in [1.807, 2.05) is 12.1 Å². The summed E-state index contributed by atoms with van der Waals surface area (Å²) in [5.41, 5.74) is 1.59. The van der Waals surface area contributed by atoms with E-state index in [0.717, 1.165) is 5.56 Å². The molecule has 0 bridgehead atoms. The van der Waals surface area contributed by atoms with E-state index in [4.69, 9.17) is 0 Å². The maximum atomic E-state index is 11.4. The van der Waals surface area contributed by atoms with Crippen LogP contribution in [0.25, 0.3) is 0 Å². The van der Waals surface area contributed by atoms with Crippen molar-refractivity contribution in [3.63, 3.8) is 0 Å². The number of benzene rings is 1. The van der Waals surface area contributed by atoms with Crippen molar-refractivity contribution in [2.24, 2.45) is 0 Å². The average molecular weight is 248 g/mol. The van der Waals surface area contributed by atoms with E-state index in [1.54, 1.807) is 24.1 Å². The second-order valence-electron chi connectivity index (χ2n) is 4.32. The monoisotopic (exact) mass is 248 g/mol. The molecule has 0 aliphatic carbocycles. The zero-order valence-electron chi connectivity index (χ0n) is 10.5. The number of carbonyl (C=O) groups excluding carboxylic acids is 2. The van der Waals surface area contributed by atoms with Crippen LogP contribution in [0.4, 0.5) is 0 Å². The number of ether oxygens (including phenoxy) is 1. The van der Waals surface area contributed by atoms with E-state index in [9.17, 15) is 9.59 Å². The summed E-state index contributed by atoms with van der Waals surface area (Å²) >= 11 is 0. The summed E-state index contributed by atoms with van der Waals surface area (Å²) in [7, 11) is 3.15. The normalized spacial score (nSPS) is 19.8. The third-order valence-electron chi connectivity index (χ3n) is 3.12. The molecule has 1 saturated heterocycles. The summed E-state index contributed by atoms with van der Waals surface area (Å²) in [6.45, 7) is 0.982.